The van der Waals surface area contributed by atoms with Gasteiger partial charge in [0.15, 0.2) is 0 Å². The number of aliphatic hydroxyl groups excluding tert-OH is 1. The molecule has 0 fully saturated rings. The third-order valence-electron chi connectivity index (χ3n) is 3.09. The Labute approximate surface area is 103 Å². The highest BCUT2D eigenvalue weighted by Crippen LogP contribution is 2.19. The van der Waals surface area contributed by atoms with Gasteiger partial charge in [-0.15, -0.1) is 0 Å². The van der Waals surface area contributed by atoms with Crippen molar-refractivity contribution in [3.05, 3.63) is 35.1 Å². The van der Waals surface area contributed by atoms with Crippen LogP contribution in [0.1, 0.15) is 43.9 Å². The molecule has 1 rings (SSSR count). The molecule has 2 atom stereocenters. The highest BCUT2D eigenvalue weighted by Gasteiger charge is 2.09. The summed E-state index contributed by atoms with van der Waals surface area (Å²) >= 11 is 0. The predicted octanol–water partition coefficient (Wildman–Crippen LogP) is 2.95. The second kappa shape index (κ2) is 6.72. The highest BCUT2D eigenvalue weighted by molar-refractivity contribution is 5.25. The SMILES string of the molecule is CCC(C)NCCC(O)c1ccc(F)c(C)c1. The van der Waals surface area contributed by atoms with Gasteiger partial charge in [0, 0.05) is 6.04 Å². The van der Waals surface area contributed by atoms with Crippen LogP contribution in [0.2, 0.25) is 0 Å². The van der Waals surface area contributed by atoms with Crippen molar-refractivity contribution in [2.24, 2.45) is 0 Å². The van der Waals surface area contributed by atoms with Gasteiger partial charge < -0.3 is 10.4 Å². The normalized spacial score (nSPS) is 14.6. The lowest BCUT2D eigenvalue weighted by molar-refractivity contribution is 0.165. The van der Waals surface area contributed by atoms with E-state index in [9.17, 15) is 9.50 Å². The minimum absolute atomic E-state index is 0.223. The first-order valence-corrected chi connectivity index (χ1v) is 6.22. The molecule has 0 aliphatic rings. The third kappa shape index (κ3) is 4.44. The summed E-state index contributed by atoms with van der Waals surface area (Å²) < 4.78 is 13.1. The molecule has 0 saturated heterocycles. The summed E-state index contributed by atoms with van der Waals surface area (Å²) in [6, 6.07) is 5.24. The summed E-state index contributed by atoms with van der Waals surface area (Å²) in [4.78, 5) is 0. The summed E-state index contributed by atoms with van der Waals surface area (Å²) in [6.07, 6.45) is 1.20. The second-order valence-corrected chi connectivity index (χ2v) is 4.58. The van der Waals surface area contributed by atoms with E-state index < -0.39 is 6.10 Å². The Hall–Kier alpha value is -0.930. The fourth-order valence-electron chi connectivity index (χ4n) is 1.65. The van der Waals surface area contributed by atoms with E-state index >= 15 is 0 Å². The lowest BCUT2D eigenvalue weighted by Gasteiger charge is -2.15. The van der Waals surface area contributed by atoms with E-state index in [1.807, 2.05) is 0 Å². The Kier molecular flexibility index (Phi) is 5.59. The highest BCUT2D eigenvalue weighted by atomic mass is 19.1. The van der Waals surface area contributed by atoms with Crippen LogP contribution < -0.4 is 5.32 Å². The van der Waals surface area contributed by atoms with Crippen molar-refractivity contribution in [1.82, 2.24) is 5.32 Å². The van der Waals surface area contributed by atoms with Crippen molar-refractivity contribution in [3.63, 3.8) is 0 Å². The van der Waals surface area contributed by atoms with E-state index in [0.29, 0.717) is 18.0 Å². The van der Waals surface area contributed by atoms with Gasteiger partial charge in [-0.05, 0) is 50.4 Å². The molecule has 0 saturated carbocycles. The van der Waals surface area contributed by atoms with Crippen LogP contribution in [0.3, 0.4) is 0 Å². The maximum atomic E-state index is 13.1. The molecule has 0 radical (unpaired) electrons. The van der Waals surface area contributed by atoms with E-state index in [0.717, 1.165) is 18.5 Å². The monoisotopic (exact) mass is 239 g/mol. The molecule has 17 heavy (non-hydrogen) atoms. The molecule has 0 spiro atoms. The number of hydrogen-bond acceptors (Lipinski definition) is 2. The van der Waals surface area contributed by atoms with Gasteiger partial charge >= 0.3 is 0 Å². The number of aliphatic hydroxyl groups is 1. The number of nitrogens with one attached hydrogen (secondary N) is 1. The van der Waals surface area contributed by atoms with Crippen molar-refractivity contribution < 1.29 is 9.50 Å². The van der Waals surface area contributed by atoms with Crippen molar-refractivity contribution in [1.29, 1.82) is 0 Å². The quantitative estimate of drug-likeness (QED) is 0.800. The lowest BCUT2D eigenvalue weighted by atomic mass is 10.0. The van der Waals surface area contributed by atoms with Crippen LogP contribution in [0.25, 0.3) is 0 Å². The Morgan fingerprint density at radius 2 is 2.12 bits per heavy atom. The van der Waals surface area contributed by atoms with Crippen LogP contribution in [-0.2, 0) is 0 Å². The molecule has 2 unspecified atom stereocenters. The molecule has 1 aromatic carbocycles. The maximum Gasteiger partial charge on any atom is 0.126 e. The van der Waals surface area contributed by atoms with Crippen LogP contribution in [0.15, 0.2) is 18.2 Å². The van der Waals surface area contributed by atoms with Crippen molar-refractivity contribution >= 4 is 0 Å². The van der Waals surface area contributed by atoms with Crippen LogP contribution in [0.4, 0.5) is 4.39 Å². The van der Waals surface area contributed by atoms with Gasteiger partial charge in [-0.25, -0.2) is 4.39 Å². The Balaban J connectivity index is 2.46. The summed E-state index contributed by atoms with van der Waals surface area (Å²) in [5.41, 5.74) is 1.37. The molecule has 0 bridgehead atoms. The summed E-state index contributed by atoms with van der Waals surface area (Å²) in [7, 11) is 0. The molecule has 3 heteroatoms. The lowest BCUT2D eigenvalue weighted by Crippen LogP contribution is -2.27. The average Bonchev–Trinajstić information content (AvgIpc) is 2.32. The zero-order valence-corrected chi connectivity index (χ0v) is 10.8. The zero-order valence-electron chi connectivity index (χ0n) is 10.8. The fraction of sp³-hybridized carbons (Fsp3) is 0.571. The van der Waals surface area contributed by atoms with Gasteiger partial charge in [-0.1, -0.05) is 19.1 Å². The van der Waals surface area contributed by atoms with Crippen LogP contribution in [0, 0.1) is 12.7 Å². The van der Waals surface area contributed by atoms with Gasteiger partial charge in [0.05, 0.1) is 6.10 Å². The summed E-state index contributed by atoms with van der Waals surface area (Å²) in [6.45, 7) is 6.72. The van der Waals surface area contributed by atoms with Crippen molar-refractivity contribution in [2.75, 3.05) is 6.54 Å². The number of benzene rings is 1. The maximum absolute atomic E-state index is 13.1. The first kappa shape index (κ1) is 14.1. The Morgan fingerprint density at radius 3 is 2.71 bits per heavy atom. The molecule has 0 amide bonds. The number of hydrogen-bond donors (Lipinski definition) is 2. The van der Waals surface area contributed by atoms with E-state index in [-0.39, 0.29) is 5.82 Å². The van der Waals surface area contributed by atoms with Crippen LogP contribution in [0.5, 0.6) is 0 Å². The van der Waals surface area contributed by atoms with Crippen molar-refractivity contribution in [2.45, 2.75) is 45.8 Å². The van der Waals surface area contributed by atoms with Gasteiger partial charge in [0.25, 0.3) is 0 Å². The number of halogens is 1. The van der Waals surface area contributed by atoms with E-state index in [2.05, 4.69) is 19.2 Å². The van der Waals surface area contributed by atoms with E-state index in [1.165, 1.54) is 6.07 Å². The molecule has 96 valence electrons. The third-order valence-corrected chi connectivity index (χ3v) is 3.09. The zero-order chi connectivity index (χ0) is 12.8. The minimum atomic E-state index is -0.522. The molecule has 2 N–H and O–H groups in total. The molecular formula is C14H22FNO. The number of aryl methyl sites for hydroxylation is 1. The summed E-state index contributed by atoms with van der Waals surface area (Å²) in [5, 5.41) is 13.3. The predicted molar refractivity (Wildman–Crippen MR) is 68.5 cm³/mol. The topological polar surface area (TPSA) is 32.3 Å². The van der Waals surface area contributed by atoms with Gasteiger partial charge in [-0.3, -0.25) is 0 Å². The summed E-state index contributed by atoms with van der Waals surface area (Å²) in [5.74, 6) is -0.223. The molecule has 0 aliphatic heterocycles. The smallest absolute Gasteiger partial charge is 0.126 e. The first-order valence-electron chi connectivity index (χ1n) is 6.22. The van der Waals surface area contributed by atoms with Gasteiger partial charge in [0.1, 0.15) is 5.82 Å². The van der Waals surface area contributed by atoms with E-state index in [4.69, 9.17) is 0 Å². The molecule has 0 aromatic heterocycles. The van der Waals surface area contributed by atoms with Crippen molar-refractivity contribution in [3.8, 4) is 0 Å². The van der Waals surface area contributed by atoms with E-state index in [1.54, 1.807) is 19.1 Å². The minimum Gasteiger partial charge on any atom is -0.388 e. The number of rotatable bonds is 6. The average molecular weight is 239 g/mol. The van der Waals surface area contributed by atoms with Gasteiger partial charge in [-0.2, -0.15) is 0 Å². The molecule has 1 aromatic rings. The Morgan fingerprint density at radius 1 is 1.41 bits per heavy atom. The van der Waals surface area contributed by atoms with Gasteiger partial charge in [0.2, 0.25) is 0 Å². The fourth-order valence-corrected chi connectivity index (χ4v) is 1.65. The molecular weight excluding hydrogens is 217 g/mol. The second-order valence-electron chi connectivity index (χ2n) is 4.58. The van der Waals surface area contributed by atoms with Crippen LogP contribution >= 0.6 is 0 Å². The Bertz CT molecular complexity index is 354. The largest absolute Gasteiger partial charge is 0.388 e. The van der Waals surface area contributed by atoms with Crippen LogP contribution in [-0.4, -0.2) is 17.7 Å². The standard InChI is InChI=1S/C14H22FNO/c1-4-11(3)16-8-7-14(17)12-5-6-13(15)10(2)9-12/h5-6,9,11,14,16-17H,4,7-8H2,1-3H3. The molecule has 2 nitrogen and oxygen atoms in total. The first-order chi connectivity index (χ1) is 8.04. The molecule has 0 aliphatic carbocycles. The molecule has 0 heterocycles.